The minimum atomic E-state index is 0. The number of aryl methyl sites for hydroxylation is 1. The van der Waals surface area contributed by atoms with Crippen molar-refractivity contribution in [1.82, 2.24) is 4.90 Å². The van der Waals surface area contributed by atoms with Crippen LogP contribution in [-0.4, -0.2) is 42.5 Å². The number of halogens is 1. The molecular formula is C19H28ClN3O3. The number of hydrogen-bond acceptors (Lipinski definition) is 4. The fourth-order valence-corrected chi connectivity index (χ4v) is 3.58. The largest absolute Gasteiger partial charge is 0.494 e. The predicted octanol–water partition coefficient (Wildman–Crippen LogP) is 2.49. The second-order valence-electron chi connectivity index (χ2n) is 6.79. The molecule has 2 heterocycles. The molecule has 2 aliphatic rings. The number of piperidine rings is 1. The summed E-state index contributed by atoms with van der Waals surface area (Å²) in [5, 5.41) is 2.86. The van der Waals surface area contributed by atoms with E-state index in [0.717, 1.165) is 49.2 Å². The number of nitrogens with one attached hydrogen (secondary N) is 1. The maximum atomic E-state index is 12.4. The van der Waals surface area contributed by atoms with Crippen molar-refractivity contribution in [2.45, 2.75) is 51.0 Å². The molecule has 1 saturated heterocycles. The Hall–Kier alpha value is -1.79. The van der Waals surface area contributed by atoms with Crippen molar-refractivity contribution in [2.24, 2.45) is 5.73 Å². The highest BCUT2D eigenvalue weighted by molar-refractivity contribution is 5.94. The number of carbonyl (C=O) groups is 2. The average molecular weight is 382 g/mol. The molecule has 3 rings (SSSR count). The summed E-state index contributed by atoms with van der Waals surface area (Å²) in [6.07, 6.45) is 5.70. The third-order valence-electron chi connectivity index (χ3n) is 5.00. The van der Waals surface area contributed by atoms with Crippen molar-refractivity contribution in [3.63, 3.8) is 0 Å². The van der Waals surface area contributed by atoms with E-state index in [-0.39, 0.29) is 30.3 Å². The van der Waals surface area contributed by atoms with Crippen LogP contribution in [0.15, 0.2) is 18.2 Å². The van der Waals surface area contributed by atoms with E-state index in [1.54, 1.807) is 0 Å². The van der Waals surface area contributed by atoms with Gasteiger partial charge in [0.05, 0.1) is 6.61 Å². The van der Waals surface area contributed by atoms with E-state index in [2.05, 4.69) is 5.32 Å². The van der Waals surface area contributed by atoms with Gasteiger partial charge < -0.3 is 20.7 Å². The lowest BCUT2D eigenvalue weighted by Gasteiger charge is -2.35. The van der Waals surface area contributed by atoms with E-state index in [1.165, 1.54) is 0 Å². The molecule has 6 nitrogen and oxygen atoms in total. The van der Waals surface area contributed by atoms with Crippen LogP contribution in [0.5, 0.6) is 5.75 Å². The second-order valence-corrected chi connectivity index (χ2v) is 6.79. The lowest BCUT2D eigenvalue weighted by Crippen LogP contribution is -2.47. The molecule has 0 aromatic heterocycles. The molecule has 0 saturated carbocycles. The number of nitrogens with two attached hydrogens (primary N) is 1. The number of likely N-dealkylation sites (tertiary alicyclic amines) is 1. The monoisotopic (exact) mass is 381 g/mol. The summed E-state index contributed by atoms with van der Waals surface area (Å²) in [4.78, 5) is 25.7. The third-order valence-corrected chi connectivity index (χ3v) is 5.00. The maximum Gasteiger partial charge on any atom is 0.224 e. The summed E-state index contributed by atoms with van der Waals surface area (Å²) in [6, 6.07) is 5.93. The zero-order chi connectivity index (χ0) is 17.6. The maximum absolute atomic E-state index is 12.4. The van der Waals surface area contributed by atoms with Crippen LogP contribution in [-0.2, 0) is 16.0 Å². The normalized spacial score (nSPS) is 19.2. The van der Waals surface area contributed by atoms with Crippen molar-refractivity contribution in [2.75, 3.05) is 25.0 Å². The fraction of sp³-hybridized carbons (Fsp3) is 0.579. The first-order chi connectivity index (χ1) is 12.2. The van der Waals surface area contributed by atoms with Crippen LogP contribution in [0.2, 0.25) is 0 Å². The van der Waals surface area contributed by atoms with E-state index < -0.39 is 0 Å². The molecule has 0 aliphatic carbocycles. The SMILES string of the molecule is Cl.NCC1CCCCN1C(=O)CCCOc1ccc2c(c1)CCC(=O)N2. The molecule has 1 aromatic carbocycles. The van der Waals surface area contributed by atoms with Crippen molar-refractivity contribution in [3.8, 4) is 5.75 Å². The van der Waals surface area contributed by atoms with E-state index in [1.807, 2.05) is 23.1 Å². The van der Waals surface area contributed by atoms with E-state index in [4.69, 9.17) is 10.5 Å². The topological polar surface area (TPSA) is 84.7 Å². The first-order valence-electron chi connectivity index (χ1n) is 9.22. The first kappa shape index (κ1) is 20.5. The summed E-state index contributed by atoms with van der Waals surface area (Å²) >= 11 is 0. The van der Waals surface area contributed by atoms with Crippen LogP contribution in [0.4, 0.5) is 5.69 Å². The summed E-state index contributed by atoms with van der Waals surface area (Å²) in [5.41, 5.74) is 7.76. The summed E-state index contributed by atoms with van der Waals surface area (Å²) in [5.74, 6) is 1.04. The van der Waals surface area contributed by atoms with E-state index in [0.29, 0.717) is 32.4 Å². The predicted molar refractivity (Wildman–Crippen MR) is 104 cm³/mol. The summed E-state index contributed by atoms with van der Waals surface area (Å²) in [7, 11) is 0. The van der Waals surface area contributed by atoms with Crippen molar-refractivity contribution in [1.29, 1.82) is 0 Å². The number of carbonyl (C=O) groups excluding carboxylic acids is 2. The molecule has 2 aliphatic heterocycles. The van der Waals surface area contributed by atoms with Crippen LogP contribution in [0.1, 0.15) is 44.1 Å². The Morgan fingerprint density at radius 2 is 2.15 bits per heavy atom. The van der Waals surface area contributed by atoms with Crippen molar-refractivity contribution < 1.29 is 14.3 Å². The van der Waals surface area contributed by atoms with Crippen LogP contribution in [0.3, 0.4) is 0 Å². The van der Waals surface area contributed by atoms with Gasteiger partial charge in [0.25, 0.3) is 0 Å². The number of rotatable bonds is 6. The highest BCUT2D eigenvalue weighted by Gasteiger charge is 2.24. The van der Waals surface area contributed by atoms with Gasteiger partial charge >= 0.3 is 0 Å². The smallest absolute Gasteiger partial charge is 0.224 e. The molecule has 7 heteroatoms. The Kier molecular flexibility index (Phi) is 7.72. The Morgan fingerprint density at radius 3 is 2.96 bits per heavy atom. The number of benzene rings is 1. The number of nitrogens with zero attached hydrogens (tertiary/aromatic N) is 1. The minimum absolute atomic E-state index is 0. The number of hydrogen-bond donors (Lipinski definition) is 2. The van der Waals surface area contributed by atoms with E-state index in [9.17, 15) is 9.59 Å². The third kappa shape index (κ3) is 5.11. The molecular weight excluding hydrogens is 354 g/mol. The van der Waals surface area contributed by atoms with Crippen LogP contribution < -0.4 is 15.8 Å². The van der Waals surface area contributed by atoms with Gasteiger partial charge in [-0.15, -0.1) is 12.4 Å². The van der Waals surface area contributed by atoms with Gasteiger partial charge in [-0.05, 0) is 55.9 Å². The zero-order valence-electron chi connectivity index (χ0n) is 15.0. The minimum Gasteiger partial charge on any atom is -0.494 e. The molecule has 1 fully saturated rings. The molecule has 1 aromatic rings. The zero-order valence-corrected chi connectivity index (χ0v) is 15.9. The Balaban J connectivity index is 0.00000243. The number of anilines is 1. The molecule has 144 valence electrons. The molecule has 0 spiro atoms. The lowest BCUT2D eigenvalue weighted by molar-refractivity contribution is -0.134. The fourth-order valence-electron chi connectivity index (χ4n) is 3.58. The molecule has 1 unspecified atom stereocenters. The molecule has 1 atom stereocenters. The van der Waals surface area contributed by atoms with Gasteiger partial charge in [-0.3, -0.25) is 9.59 Å². The standard InChI is InChI=1S/C19H27N3O3.ClH/c20-13-15-4-1-2-10-22(15)19(24)5-3-11-25-16-7-8-17-14(12-16)6-9-18(23)21-17;/h7-8,12,15H,1-6,9-11,13,20H2,(H,21,23);1H. The molecule has 2 amide bonds. The average Bonchev–Trinajstić information content (AvgIpc) is 2.65. The molecule has 3 N–H and O–H groups in total. The summed E-state index contributed by atoms with van der Waals surface area (Å²) < 4.78 is 5.78. The van der Waals surface area contributed by atoms with Crippen molar-refractivity contribution in [3.05, 3.63) is 23.8 Å². The highest BCUT2D eigenvalue weighted by atomic mass is 35.5. The quantitative estimate of drug-likeness (QED) is 0.741. The second kappa shape index (κ2) is 9.78. The molecule has 0 radical (unpaired) electrons. The van der Waals surface area contributed by atoms with Gasteiger partial charge in [0.1, 0.15) is 5.75 Å². The Bertz CT molecular complexity index is 638. The Morgan fingerprint density at radius 1 is 1.31 bits per heavy atom. The van der Waals surface area contributed by atoms with Crippen LogP contribution >= 0.6 is 12.4 Å². The van der Waals surface area contributed by atoms with Crippen LogP contribution in [0, 0.1) is 0 Å². The highest BCUT2D eigenvalue weighted by Crippen LogP contribution is 2.27. The van der Waals surface area contributed by atoms with Gasteiger partial charge in [0.2, 0.25) is 11.8 Å². The lowest BCUT2D eigenvalue weighted by atomic mass is 10.0. The van der Waals surface area contributed by atoms with Gasteiger partial charge in [-0.2, -0.15) is 0 Å². The molecule has 0 bridgehead atoms. The van der Waals surface area contributed by atoms with Gasteiger partial charge in [-0.25, -0.2) is 0 Å². The number of amides is 2. The Labute approximate surface area is 160 Å². The van der Waals surface area contributed by atoms with Crippen molar-refractivity contribution >= 4 is 29.9 Å². The van der Waals surface area contributed by atoms with Crippen LogP contribution in [0.25, 0.3) is 0 Å². The van der Waals surface area contributed by atoms with E-state index >= 15 is 0 Å². The van der Waals surface area contributed by atoms with Gasteiger partial charge in [-0.1, -0.05) is 0 Å². The number of fused-ring (bicyclic) bond motifs is 1. The van der Waals surface area contributed by atoms with Gasteiger partial charge in [0, 0.05) is 37.7 Å². The number of ether oxygens (including phenoxy) is 1. The first-order valence-corrected chi connectivity index (χ1v) is 9.22. The molecule has 26 heavy (non-hydrogen) atoms. The van der Waals surface area contributed by atoms with Gasteiger partial charge in [0.15, 0.2) is 0 Å². The summed E-state index contributed by atoms with van der Waals surface area (Å²) in [6.45, 7) is 1.89.